The van der Waals surface area contributed by atoms with Crippen LogP contribution in [0, 0.1) is 6.92 Å². The maximum atomic E-state index is 12.5. The molecule has 1 fully saturated rings. The highest BCUT2D eigenvalue weighted by molar-refractivity contribution is 5.91. The highest BCUT2D eigenvalue weighted by Crippen LogP contribution is 2.16. The Morgan fingerprint density at radius 2 is 2.13 bits per heavy atom. The molecule has 1 aromatic carbocycles. The number of carbonyl (C=O) groups is 1. The smallest absolute Gasteiger partial charge is 0.274 e. The molecule has 23 heavy (non-hydrogen) atoms. The highest BCUT2D eigenvalue weighted by atomic mass is 16.2. The van der Waals surface area contributed by atoms with Gasteiger partial charge in [0.25, 0.3) is 5.91 Å². The van der Waals surface area contributed by atoms with E-state index in [4.69, 9.17) is 0 Å². The van der Waals surface area contributed by atoms with Gasteiger partial charge in [0.1, 0.15) is 5.69 Å². The Hall–Kier alpha value is -2.14. The van der Waals surface area contributed by atoms with Crippen LogP contribution >= 0.6 is 0 Å². The Morgan fingerprint density at radius 3 is 2.83 bits per heavy atom. The van der Waals surface area contributed by atoms with Gasteiger partial charge in [0, 0.05) is 26.3 Å². The number of rotatable bonds is 4. The summed E-state index contributed by atoms with van der Waals surface area (Å²) < 4.78 is 1.93. The quantitative estimate of drug-likeness (QED) is 0.943. The van der Waals surface area contributed by atoms with Crippen molar-refractivity contribution in [1.82, 2.24) is 20.0 Å². The minimum atomic E-state index is -0.0342. The molecule has 0 aliphatic carbocycles. The minimum absolute atomic E-state index is 0.0342. The first-order chi connectivity index (χ1) is 11.1. The third-order valence-electron chi connectivity index (χ3n) is 4.36. The second-order valence-electron chi connectivity index (χ2n) is 6.33. The van der Waals surface area contributed by atoms with Crippen molar-refractivity contribution in [2.24, 2.45) is 0 Å². The van der Waals surface area contributed by atoms with Crippen molar-refractivity contribution < 1.29 is 4.79 Å². The number of nitrogens with zero attached hydrogens (tertiary/aromatic N) is 3. The van der Waals surface area contributed by atoms with E-state index in [0.29, 0.717) is 18.3 Å². The molecule has 3 rings (SSSR count). The van der Waals surface area contributed by atoms with Crippen LogP contribution in [0.15, 0.2) is 36.5 Å². The number of hydrogen-bond donors (Lipinski definition) is 1. The lowest BCUT2D eigenvalue weighted by Crippen LogP contribution is -2.32. The monoisotopic (exact) mass is 312 g/mol. The van der Waals surface area contributed by atoms with Crippen LogP contribution in [-0.4, -0.2) is 40.7 Å². The minimum Gasteiger partial charge on any atom is -0.336 e. The standard InChI is InChI=1S/C18H24N4O/c1-14-5-7-15(8-6-14)13-21(2)18(23)17-9-11-22(20-17)16-4-3-10-19-12-16/h5-9,11,16,19H,3-4,10,12-13H2,1-2H3. The summed E-state index contributed by atoms with van der Waals surface area (Å²) in [6.45, 7) is 4.65. The van der Waals surface area contributed by atoms with Crippen LogP contribution < -0.4 is 5.32 Å². The molecule has 1 aliphatic heterocycles. The molecule has 1 N–H and O–H groups in total. The molecule has 5 nitrogen and oxygen atoms in total. The number of aromatic nitrogens is 2. The van der Waals surface area contributed by atoms with Gasteiger partial charge in [0.15, 0.2) is 0 Å². The molecule has 0 bridgehead atoms. The van der Waals surface area contributed by atoms with Crippen molar-refractivity contribution in [1.29, 1.82) is 0 Å². The molecule has 0 saturated carbocycles. The molecule has 0 spiro atoms. The van der Waals surface area contributed by atoms with Crippen LogP contribution in [0.3, 0.4) is 0 Å². The third-order valence-corrected chi connectivity index (χ3v) is 4.36. The van der Waals surface area contributed by atoms with Gasteiger partial charge in [-0.25, -0.2) is 0 Å². The lowest BCUT2D eigenvalue weighted by atomic mass is 10.1. The molecular formula is C18H24N4O. The summed E-state index contributed by atoms with van der Waals surface area (Å²) in [7, 11) is 1.82. The average molecular weight is 312 g/mol. The lowest BCUT2D eigenvalue weighted by molar-refractivity contribution is 0.0778. The highest BCUT2D eigenvalue weighted by Gasteiger charge is 2.19. The zero-order chi connectivity index (χ0) is 16.2. The molecule has 0 radical (unpaired) electrons. The molecule has 1 unspecified atom stereocenters. The number of benzene rings is 1. The fraction of sp³-hybridized carbons (Fsp3) is 0.444. The Kier molecular flexibility index (Phi) is 4.76. The predicted octanol–water partition coefficient (Wildman–Crippen LogP) is 2.39. The van der Waals surface area contributed by atoms with Crippen LogP contribution in [0.4, 0.5) is 0 Å². The Balaban J connectivity index is 1.65. The van der Waals surface area contributed by atoms with Crippen molar-refractivity contribution in [3.63, 3.8) is 0 Å². The second kappa shape index (κ2) is 6.96. The summed E-state index contributed by atoms with van der Waals surface area (Å²) in [6.07, 6.45) is 4.19. The number of piperidine rings is 1. The predicted molar refractivity (Wildman–Crippen MR) is 90.3 cm³/mol. The van der Waals surface area contributed by atoms with Gasteiger partial charge in [0.05, 0.1) is 6.04 Å². The zero-order valence-electron chi connectivity index (χ0n) is 13.8. The summed E-state index contributed by atoms with van der Waals surface area (Å²) >= 11 is 0. The first-order valence-electron chi connectivity index (χ1n) is 8.20. The van der Waals surface area contributed by atoms with Crippen molar-refractivity contribution >= 4 is 5.91 Å². The van der Waals surface area contributed by atoms with Gasteiger partial charge >= 0.3 is 0 Å². The number of amides is 1. The number of nitrogens with one attached hydrogen (secondary N) is 1. The van der Waals surface area contributed by atoms with Crippen LogP contribution in [0.5, 0.6) is 0 Å². The molecular weight excluding hydrogens is 288 g/mol. The summed E-state index contributed by atoms with van der Waals surface area (Å²) in [4.78, 5) is 14.3. The van der Waals surface area contributed by atoms with E-state index in [1.165, 1.54) is 5.56 Å². The molecule has 2 heterocycles. The molecule has 1 saturated heterocycles. The zero-order valence-corrected chi connectivity index (χ0v) is 13.8. The van der Waals surface area contributed by atoms with Gasteiger partial charge in [0.2, 0.25) is 0 Å². The summed E-state index contributed by atoms with van der Waals surface area (Å²) in [5.41, 5.74) is 2.87. The van der Waals surface area contributed by atoms with E-state index in [2.05, 4.69) is 41.6 Å². The first-order valence-corrected chi connectivity index (χ1v) is 8.20. The number of carbonyl (C=O) groups excluding carboxylic acids is 1. The van der Waals surface area contributed by atoms with Crippen LogP contribution in [-0.2, 0) is 6.54 Å². The molecule has 1 amide bonds. The molecule has 5 heteroatoms. The fourth-order valence-electron chi connectivity index (χ4n) is 2.95. The van der Waals surface area contributed by atoms with E-state index in [1.54, 1.807) is 4.90 Å². The Bertz CT molecular complexity index is 656. The van der Waals surface area contributed by atoms with Crippen LogP contribution in [0.1, 0.15) is 40.5 Å². The molecule has 1 aromatic heterocycles. The summed E-state index contributed by atoms with van der Waals surface area (Å²) in [5.74, 6) is -0.0342. The van der Waals surface area contributed by atoms with Crippen molar-refractivity contribution in [3.05, 3.63) is 53.3 Å². The molecule has 122 valence electrons. The van der Waals surface area contributed by atoms with Crippen molar-refractivity contribution in [3.8, 4) is 0 Å². The fourth-order valence-corrected chi connectivity index (χ4v) is 2.95. The topological polar surface area (TPSA) is 50.2 Å². The largest absolute Gasteiger partial charge is 0.336 e. The van der Waals surface area contributed by atoms with E-state index < -0.39 is 0 Å². The van der Waals surface area contributed by atoms with Crippen LogP contribution in [0.2, 0.25) is 0 Å². The summed E-state index contributed by atoms with van der Waals surface area (Å²) in [6, 6.07) is 10.4. The van der Waals surface area contributed by atoms with E-state index in [1.807, 2.05) is 24.0 Å². The van der Waals surface area contributed by atoms with Crippen molar-refractivity contribution in [2.75, 3.05) is 20.1 Å². The van der Waals surface area contributed by atoms with Gasteiger partial charge in [-0.15, -0.1) is 0 Å². The maximum absolute atomic E-state index is 12.5. The van der Waals surface area contributed by atoms with E-state index >= 15 is 0 Å². The van der Waals surface area contributed by atoms with Gasteiger partial charge in [-0.05, 0) is 37.9 Å². The van der Waals surface area contributed by atoms with E-state index in [9.17, 15) is 4.79 Å². The van der Waals surface area contributed by atoms with Gasteiger partial charge in [-0.1, -0.05) is 29.8 Å². The molecule has 2 aromatic rings. The molecule has 1 aliphatic rings. The maximum Gasteiger partial charge on any atom is 0.274 e. The first kappa shape index (κ1) is 15.7. The second-order valence-corrected chi connectivity index (χ2v) is 6.33. The van der Waals surface area contributed by atoms with Gasteiger partial charge in [-0.2, -0.15) is 5.10 Å². The Labute approximate surface area is 137 Å². The molecule has 1 atom stereocenters. The van der Waals surface area contributed by atoms with E-state index in [0.717, 1.165) is 31.5 Å². The normalized spacial score (nSPS) is 17.9. The SMILES string of the molecule is Cc1ccc(CN(C)C(=O)c2ccn(C3CCCNC3)n2)cc1. The third kappa shape index (κ3) is 3.79. The number of aryl methyl sites for hydroxylation is 1. The number of hydrogen-bond acceptors (Lipinski definition) is 3. The van der Waals surface area contributed by atoms with Gasteiger partial charge < -0.3 is 10.2 Å². The van der Waals surface area contributed by atoms with Crippen LogP contribution in [0.25, 0.3) is 0 Å². The summed E-state index contributed by atoms with van der Waals surface area (Å²) in [5, 5.41) is 7.87. The average Bonchev–Trinajstić information content (AvgIpc) is 3.07. The van der Waals surface area contributed by atoms with E-state index in [-0.39, 0.29) is 5.91 Å². The lowest BCUT2D eigenvalue weighted by Gasteiger charge is -2.23. The van der Waals surface area contributed by atoms with Gasteiger partial charge in [-0.3, -0.25) is 9.48 Å². The Morgan fingerprint density at radius 1 is 1.35 bits per heavy atom. The van der Waals surface area contributed by atoms with Crippen molar-refractivity contribution in [2.45, 2.75) is 32.4 Å².